The van der Waals surface area contributed by atoms with Gasteiger partial charge in [0.25, 0.3) is 5.91 Å². The lowest BCUT2D eigenvalue weighted by Crippen LogP contribution is -2.33. The van der Waals surface area contributed by atoms with E-state index in [4.69, 9.17) is 9.40 Å². The molecule has 3 aromatic carbocycles. The van der Waals surface area contributed by atoms with Crippen LogP contribution in [-0.2, 0) is 6.54 Å². The highest BCUT2D eigenvalue weighted by Crippen LogP contribution is 2.35. The lowest BCUT2D eigenvalue weighted by Gasteiger charge is -2.19. The minimum Gasteiger partial charge on any atom is -0.422 e. The number of nitrogens with zero attached hydrogens (tertiary/aromatic N) is 3. The Morgan fingerprint density at radius 3 is 2.68 bits per heavy atom. The summed E-state index contributed by atoms with van der Waals surface area (Å²) in [5.41, 5.74) is 2.56. The van der Waals surface area contributed by atoms with Gasteiger partial charge in [-0.05, 0) is 52.1 Å². The number of pyridine rings is 1. The molecule has 0 unspecified atom stereocenters. The summed E-state index contributed by atoms with van der Waals surface area (Å²) in [6.07, 6.45) is 3.40. The van der Waals surface area contributed by atoms with Crippen LogP contribution >= 0.6 is 11.3 Å². The van der Waals surface area contributed by atoms with Gasteiger partial charge in [-0.2, -0.15) is 0 Å². The Morgan fingerprint density at radius 2 is 1.86 bits per heavy atom. The number of anilines is 1. The molecule has 0 radical (unpaired) electrons. The van der Waals surface area contributed by atoms with E-state index in [1.807, 2.05) is 54.6 Å². The fourth-order valence-corrected chi connectivity index (χ4v) is 5.60. The summed E-state index contributed by atoms with van der Waals surface area (Å²) < 4.78 is 6.62. The van der Waals surface area contributed by atoms with Gasteiger partial charge in [-0.1, -0.05) is 73.7 Å². The number of aromatic nitrogens is 2. The number of carbonyl (C=O) groups is 1. The summed E-state index contributed by atoms with van der Waals surface area (Å²) >= 11 is 1.43. The molecule has 6 rings (SSSR count). The van der Waals surface area contributed by atoms with Crippen molar-refractivity contribution in [3.8, 4) is 0 Å². The van der Waals surface area contributed by atoms with Gasteiger partial charge in [-0.25, -0.2) is 9.78 Å². The number of hydrogen-bond donors (Lipinski definition) is 0. The zero-order valence-electron chi connectivity index (χ0n) is 20.3. The first-order valence-corrected chi connectivity index (χ1v) is 12.9. The monoisotopic (exact) mass is 505 g/mol. The van der Waals surface area contributed by atoms with E-state index in [0.29, 0.717) is 16.1 Å². The zero-order chi connectivity index (χ0) is 25.5. The Balaban J connectivity index is 1.52. The van der Waals surface area contributed by atoms with E-state index in [2.05, 4.69) is 24.9 Å². The minimum absolute atomic E-state index is 0.0314. The van der Waals surface area contributed by atoms with Crippen molar-refractivity contribution in [2.75, 3.05) is 4.90 Å². The Morgan fingerprint density at radius 1 is 1.00 bits per heavy atom. The molecule has 0 bridgehead atoms. The molecular weight excluding hydrogens is 482 g/mol. The number of carbonyl (C=O) groups excluding carboxylic acids is 1. The second-order valence-corrected chi connectivity index (χ2v) is 10.3. The topological polar surface area (TPSA) is 76.3 Å². The van der Waals surface area contributed by atoms with Crippen molar-refractivity contribution >= 4 is 54.3 Å². The van der Waals surface area contributed by atoms with Crippen LogP contribution in [-0.4, -0.2) is 15.9 Å². The van der Waals surface area contributed by atoms with Crippen molar-refractivity contribution in [2.45, 2.75) is 26.3 Å². The molecule has 0 N–H and O–H groups in total. The van der Waals surface area contributed by atoms with E-state index in [-0.39, 0.29) is 18.0 Å². The second-order valence-electron chi connectivity index (χ2n) is 9.24. The van der Waals surface area contributed by atoms with Crippen LogP contribution in [0.5, 0.6) is 0 Å². The Labute approximate surface area is 216 Å². The predicted octanol–water partition coefficient (Wildman–Crippen LogP) is 6.92. The average Bonchev–Trinajstić information content (AvgIpc) is 3.35. The highest BCUT2D eigenvalue weighted by atomic mass is 32.1. The molecule has 0 saturated carbocycles. The summed E-state index contributed by atoms with van der Waals surface area (Å²) in [6.45, 7) is 4.46. The van der Waals surface area contributed by atoms with Gasteiger partial charge in [-0.3, -0.25) is 14.7 Å². The molecule has 1 amide bonds. The van der Waals surface area contributed by atoms with Crippen molar-refractivity contribution in [1.82, 2.24) is 9.97 Å². The first-order chi connectivity index (χ1) is 18.0. The summed E-state index contributed by atoms with van der Waals surface area (Å²) in [7, 11) is 0. The molecule has 37 heavy (non-hydrogen) atoms. The van der Waals surface area contributed by atoms with Crippen LogP contribution in [0.1, 0.15) is 41.3 Å². The quantitative estimate of drug-likeness (QED) is 0.188. The number of hydrogen-bond acceptors (Lipinski definition) is 6. The Bertz CT molecular complexity index is 1840. The maximum atomic E-state index is 14.1. The van der Waals surface area contributed by atoms with Gasteiger partial charge in [0.05, 0.1) is 16.8 Å². The largest absolute Gasteiger partial charge is 0.422 e. The number of thiazole rings is 1. The van der Waals surface area contributed by atoms with E-state index in [0.717, 1.165) is 32.1 Å². The average molecular weight is 506 g/mol. The fourth-order valence-electron chi connectivity index (χ4n) is 4.61. The standard InChI is InChI=1S/C30H23N3O3S/c1-18(2)21-10-5-11-26-27(21)32-30(37-26)33(17-19-7-6-14-31-16-19)28(34)24-15-23-22-9-4-3-8-20(22)12-13-25(23)36-29(24)35/h3-16,18H,17H2,1-2H3. The van der Waals surface area contributed by atoms with E-state index < -0.39 is 11.5 Å². The number of fused-ring (bicyclic) bond motifs is 4. The van der Waals surface area contributed by atoms with Crippen LogP contribution in [0.15, 0.2) is 94.4 Å². The predicted molar refractivity (Wildman–Crippen MR) is 148 cm³/mol. The van der Waals surface area contributed by atoms with Gasteiger partial charge in [-0.15, -0.1) is 0 Å². The molecule has 6 nitrogen and oxygen atoms in total. The molecule has 7 heteroatoms. The van der Waals surface area contributed by atoms with Crippen LogP contribution < -0.4 is 10.5 Å². The maximum Gasteiger partial charge on any atom is 0.349 e. The number of para-hydroxylation sites is 1. The molecule has 0 saturated heterocycles. The van der Waals surface area contributed by atoms with Gasteiger partial charge in [0.2, 0.25) is 0 Å². The lowest BCUT2D eigenvalue weighted by atomic mass is 10.0. The molecule has 182 valence electrons. The molecule has 3 aromatic heterocycles. The van der Waals surface area contributed by atoms with Crippen LogP contribution in [0.3, 0.4) is 0 Å². The minimum atomic E-state index is -0.673. The Kier molecular flexibility index (Phi) is 5.77. The van der Waals surface area contributed by atoms with Crippen molar-refractivity contribution in [1.29, 1.82) is 0 Å². The van der Waals surface area contributed by atoms with Gasteiger partial charge >= 0.3 is 5.63 Å². The number of amides is 1. The smallest absolute Gasteiger partial charge is 0.349 e. The summed E-state index contributed by atoms with van der Waals surface area (Å²) in [6, 6.07) is 22.9. The van der Waals surface area contributed by atoms with E-state index in [1.54, 1.807) is 29.4 Å². The number of rotatable bonds is 5. The van der Waals surface area contributed by atoms with Crippen molar-refractivity contribution in [3.05, 3.63) is 112 Å². The third kappa shape index (κ3) is 4.17. The SMILES string of the molecule is CC(C)c1cccc2sc(N(Cc3cccnc3)C(=O)c3cc4c(ccc5ccccc54)oc3=O)nc12. The van der Waals surface area contributed by atoms with Crippen LogP contribution in [0.2, 0.25) is 0 Å². The molecule has 0 atom stereocenters. The maximum absolute atomic E-state index is 14.1. The molecule has 0 aliphatic rings. The van der Waals surface area contributed by atoms with Crippen molar-refractivity contribution in [3.63, 3.8) is 0 Å². The van der Waals surface area contributed by atoms with Crippen LogP contribution in [0.4, 0.5) is 5.13 Å². The summed E-state index contributed by atoms with van der Waals surface area (Å²) in [4.78, 5) is 37.8. The van der Waals surface area contributed by atoms with E-state index in [1.165, 1.54) is 11.3 Å². The third-order valence-corrected chi connectivity index (χ3v) is 7.52. The fraction of sp³-hybridized carbons (Fsp3) is 0.133. The highest BCUT2D eigenvalue weighted by Gasteiger charge is 2.26. The van der Waals surface area contributed by atoms with Crippen molar-refractivity contribution in [2.24, 2.45) is 0 Å². The molecule has 0 aliphatic heterocycles. The second kappa shape index (κ2) is 9.26. The zero-order valence-corrected chi connectivity index (χ0v) is 21.2. The van der Waals surface area contributed by atoms with Gasteiger partial charge in [0.1, 0.15) is 11.1 Å². The first-order valence-electron chi connectivity index (χ1n) is 12.1. The summed E-state index contributed by atoms with van der Waals surface area (Å²) in [5.74, 6) is -0.181. The molecule has 0 spiro atoms. The molecule has 0 aliphatic carbocycles. The normalized spacial score (nSPS) is 11.5. The molecule has 0 fully saturated rings. The van der Waals surface area contributed by atoms with Crippen molar-refractivity contribution < 1.29 is 9.21 Å². The van der Waals surface area contributed by atoms with Crippen LogP contribution in [0, 0.1) is 0 Å². The summed E-state index contributed by atoms with van der Waals surface area (Å²) in [5, 5.41) is 3.16. The van der Waals surface area contributed by atoms with E-state index >= 15 is 0 Å². The van der Waals surface area contributed by atoms with Gasteiger partial charge in [0, 0.05) is 17.8 Å². The number of benzene rings is 3. The molecular formula is C30H23N3O3S. The highest BCUT2D eigenvalue weighted by molar-refractivity contribution is 7.22. The lowest BCUT2D eigenvalue weighted by molar-refractivity contribution is 0.0981. The van der Waals surface area contributed by atoms with Crippen LogP contribution in [0.25, 0.3) is 32.0 Å². The Hall–Kier alpha value is -4.36. The third-order valence-electron chi connectivity index (χ3n) is 6.47. The van der Waals surface area contributed by atoms with E-state index in [9.17, 15) is 9.59 Å². The van der Waals surface area contributed by atoms with Gasteiger partial charge in [0.15, 0.2) is 5.13 Å². The first kappa shape index (κ1) is 23.1. The van der Waals surface area contributed by atoms with Gasteiger partial charge < -0.3 is 4.42 Å². The molecule has 6 aromatic rings. The molecule has 3 heterocycles.